The molecule has 1 rings (SSSR count). The molecule has 0 bridgehead atoms. The molecule has 1 aromatic rings. The maximum absolute atomic E-state index is 13.0. The van der Waals surface area contributed by atoms with Crippen molar-refractivity contribution in [3.05, 3.63) is 29.6 Å². The van der Waals surface area contributed by atoms with Gasteiger partial charge in [0.2, 0.25) is 5.91 Å². The van der Waals surface area contributed by atoms with Gasteiger partial charge in [-0.25, -0.2) is 4.39 Å². The number of nitrogen functional groups attached to an aromatic ring is 1. The SMILES string of the molecule is CCC(C)NC(=O)CCNC(=O)c1ccc(F)c(N)c1. The first-order valence-corrected chi connectivity index (χ1v) is 6.56. The summed E-state index contributed by atoms with van der Waals surface area (Å²) in [5.41, 5.74) is 5.58. The second kappa shape index (κ2) is 7.47. The topological polar surface area (TPSA) is 84.2 Å². The zero-order valence-corrected chi connectivity index (χ0v) is 11.7. The third kappa shape index (κ3) is 4.87. The first kappa shape index (κ1) is 15.9. The highest BCUT2D eigenvalue weighted by atomic mass is 19.1. The van der Waals surface area contributed by atoms with Gasteiger partial charge >= 0.3 is 0 Å². The maximum atomic E-state index is 13.0. The van der Waals surface area contributed by atoms with Gasteiger partial charge in [0.05, 0.1) is 5.69 Å². The van der Waals surface area contributed by atoms with Crippen LogP contribution in [0.4, 0.5) is 10.1 Å². The van der Waals surface area contributed by atoms with Gasteiger partial charge in [-0.15, -0.1) is 0 Å². The van der Waals surface area contributed by atoms with Crippen LogP contribution >= 0.6 is 0 Å². The average Bonchev–Trinajstić information content (AvgIpc) is 2.41. The van der Waals surface area contributed by atoms with E-state index < -0.39 is 5.82 Å². The lowest BCUT2D eigenvalue weighted by molar-refractivity contribution is -0.121. The first-order valence-electron chi connectivity index (χ1n) is 6.56. The van der Waals surface area contributed by atoms with Crippen molar-refractivity contribution in [1.29, 1.82) is 0 Å². The molecule has 0 aliphatic rings. The fourth-order valence-electron chi connectivity index (χ4n) is 1.53. The lowest BCUT2D eigenvalue weighted by atomic mass is 10.2. The summed E-state index contributed by atoms with van der Waals surface area (Å²) in [6, 6.07) is 3.87. The molecule has 0 heterocycles. The van der Waals surface area contributed by atoms with Gasteiger partial charge in [0.25, 0.3) is 5.91 Å². The second-order valence-corrected chi connectivity index (χ2v) is 4.62. The Morgan fingerprint density at radius 3 is 2.70 bits per heavy atom. The molecule has 0 aliphatic carbocycles. The molecule has 0 saturated heterocycles. The van der Waals surface area contributed by atoms with Crippen LogP contribution in [0.5, 0.6) is 0 Å². The minimum atomic E-state index is -0.561. The van der Waals surface area contributed by atoms with Gasteiger partial charge in [-0.05, 0) is 31.5 Å². The van der Waals surface area contributed by atoms with Crippen molar-refractivity contribution in [2.45, 2.75) is 32.7 Å². The van der Waals surface area contributed by atoms with E-state index in [1.807, 2.05) is 13.8 Å². The zero-order valence-electron chi connectivity index (χ0n) is 11.7. The average molecular weight is 281 g/mol. The summed E-state index contributed by atoms with van der Waals surface area (Å²) in [5, 5.41) is 5.39. The van der Waals surface area contributed by atoms with E-state index in [1.54, 1.807) is 0 Å². The van der Waals surface area contributed by atoms with Crippen molar-refractivity contribution < 1.29 is 14.0 Å². The molecule has 20 heavy (non-hydrogen) atoms. The van der Waals surface area contributed by atoms with Crippen LogP contribution in [0.1, 0.15) is 37.0 Å². The van der Waals surface area contributed by atoms with Gasteiger partial charge in [-0.2, -0.15) is 0 Å². The Kier molecular flexibility index (Phi) is 5.96. The minimum absolute atomic E-state index is 0.0767. The predicted molar refractivity (Wildman–Crippen MR) is 75.7 cm³/mol. The summed E-state index contributed by atoms with van der Waals surface area (Å²) in [6.07, 6.45) is 1.06. The lowest BCUT2D eigenvalue weighted by Crippen LogP contribution is -2.35. The number of carbonyl (C=O) groups is 2. The molecule has 0 spiro atoms. The van der Waals surface area contributed by atoms with Crippen LogP contribution < -0.4 is 16.4 Å². The largest absolute Gasteiger partial charge is 0.396 e. The molecule has 1 unspecified atom stereocenters. The number of nitrogens with one attached hydrogen (secondary N) is 2. The van der Waals surface area contributed by atoms with Gasteiger partial charge in [-0.3, -0.25) is 9.59 Å². The Hall–Kier alpha value is -2.11. The van der Waals surface area contributed by atoms with Crippen molar-refractivity contribution in [3.63, 3.8) is 0 Å². The summed E-state index contributed by atoms with van der Waals surface area (Å²) in [5.74, 6) is -1.05. The molecule has 6 heteroatoms. The van der Waals surface area contributed by atoms with Crippen molar-refractivity contribution >= 4 is 17.5 Å². The zero-order chi connectivity index (χ0) is 15.1. The molecular weight excluding hydrogens is 261 g/mol. The van der Waals surface area contributed by atoms with E-state index in [4.69, 9.17) is 5.73 Å². The normalized spacial score (nSPS) is 11.8. The molecule has 0 aromatic heterocycles. The number of halogens is 1. The van der Waals surface area contributed by atoms with Gasteiger partial charge in [0.1, 0.15) is 5.82 Å². The van der Waals surface area contributed by atoms with Crippen LogP contribution in [0.3, 0.4) is 0 Å². The van der Waals surface area contributed by atoms with Crippen molar-refractivity contribution in [3.8, 4) is 0 Å². The van der Waals surface area contributed by atoms with Crippen molar-refractivity contribution in [2.24, 2.45) is 0 Å². The van der Waals surface area contributed by atoms with Gasteiger partial charge < -0.3 is 16.4 Å². The number of hydrogen-bond acceptors (Lipinski definition) is 3. The molecule has 1 aromatic carbocycles. The third-order valence-corrected chi connectivity index (χ3v) is 2.92. The summed E-state index contributed by atoms with van der Waals surface area (Å²) < 4.78 is 13.0. The molecular formula is C14H20FN3O2. The Balaban J connectivity index is 2.40. The number of carbonyl (C=O) groups excluding carboxylic acids is 2. The Labute approximate surface area is 117 Å². The Morgan fingerprint density at radius 2 is 2.10 bits per heavy atom. The number of amides is 2. The number of nitrogens with two attached hydrogens (primary N) is 1. The molecule has 0 aliphatic heterocycles. The van der Waals surface area contributed by atoms with E-state index in [0.717, 1.165) is 12.5 Å². The molecule has 110 valence electrons. The summed E-state index contributed by atoms with van der Waals surface area (Å²) in [4.78, 5) is 23.2. The van der Waals surface area contributed by atoms with Crippen molar-refractivity contribution in [2.75, 3.05) is 12.3 Å². The van der Waals surface area contributed by atoms with Gasteiger partial charge in [-0.1, -0.05) is 6.92 Å². The number of anilines is 1. The number of benzene rings is 1. The van der Waals surface area contributed by atoms with E-state index in [-0.39, 0.29) is 42.1 Å². The van der Waals surface area contributed by atoms with Crippen LogP contribution in [0.25, 0.3) is 0 Å². The highest BCUT2D eigenvalue weighted by Gasteiger charge is 2.09. The Morgan fingerprint density at radius 1 is 1.40 bits per heavy atom. The van der Waals surface area contributed by atoms with Crippen LogP contribution in [0, 0.1) is 5.82 Å². The first-order chi connectivity index (χ1) is 9.43. The fraction of sp³-hybridized carbons (Fsp3) is 0.429. The summed E-state index contributed by atoms with van der Waals surface area (Å²) >= 11 is 0. The third-order valence-electron chi connectivity index (χ3n) is 2.92. The highest BCUT2D eigenvalue weighted by molar-refractivity contribution is 5.95. The molecule has 0 radical (unpaired) electrons. The van der Waals surface area contributed by atoms with Crippen LogP contribution in [-0.2, 0) is 4.79 Å². The molecule has 0 saturated carbocycles. The fourth-order valence-corrected chi connectivity index (χ4v) is 1.53. The number of hydrogen-bond donors (Lipinski definition) is 3. The van der Waals surface area contributed by atoms with E-state index in [9.17, 15) is 14.0 Å². The second-order valence-electron chi connectivity index (χ2n) is 4.62. The molecule has 5 nitrogen and oxygen atoms in total. The molecule has 0 fully saturated rings. The number of rotatable bonds is 6. The molecule has 4 N–H and O–H groups in total. The van der Waals surface area contributed by atoms with E-state index in [0.29, 0.717) is 0 Å². The van der Waals surface area contributed by atoms with Crippen LogP contribution in [0.2, 0.25) is 0 Å². The Bertz CT molecular complexity index is 491. The van der Waals surface area contributed by atoms with Crippen molar-refractivity contribution in [1.82, 2.24) is 10.6 Å². The molecule has 1 atom stereocenters. The summed E-state index contributed by atoms with van der Waals surface area (Å²) in [7, 11) is 0. The van der Waals surface area contributed by atoms with E-state index in [2.05, 4.69) is 10.6 Å². The van der Waals surface area contributed by atoms with Crippen LogP contribution in [0.15, 0.2) is 18.2 Å². The highest BCUT2D eigenvalue weighted by Crippen LogP contribution is 2.11. The molecule has 2 amide bonds. The smallest absolute Gasteiger partial charge is 0.251 e. The monoisotopic (exact) mass is 281 g/mol. The quantitative estimate of drug-likeness (QED) is 0.690. The van der Waals surface area contributed by atoms with E-state index >= 15 is 0 Å². The van der Waals surface area contributed by atoms with Crippen LogP contribution in [-0.4, -0.2) is 24.4 Å². The van der Waals surface area contributed by atoms with Gasteiger partial charge in [0.15, 0.2) is 0 Å². The van der Waals surface area contributed by atoms with E-state index in [1.165, 1.54) is 12.1 Å². The standard InChI is InChI=1S/C14H20FN3O2/c1-3-9(2)18-13(19)6-7-17-14(20)10-4-5-11(15)12(16)8-10/h4-5,8-9H,3,6-7,16H2,1-2H3,(H,17,20)(H,18,19). The maximum Gasteiger partial charge on any atom is 0.251 e. The summed E-state index contributed by atoms with van der Waals surface area (Å²) in [6.45, 7) is 4.11. The predicted octanol–water partition coefficient (Wildman–Crippen LogP) is 1.44. The minimum Gasteiger partial charge on any atom is -0.396 e. The van der Waals surface area contributed by atoms with Gasteiger partial charge in [0, 0.05) is 24.6 Å². The lowest BCUT2D eigenvalue weighted by Gasteiger charge is -2.11.